The summed E-state index contributed by atoms with van der Waals surface area (Å²) in [6, 6.07) is 6.78. The molecule has 1 aromatic carbocycles. The maximum atomic E-state index is 12.1. The lowest BCUT2D eigenvalue weighted by Gasteiger charge is -2.14. The average Bonchev–Trinajstić information content (AvgIpc) is 2.79. The van der Waals surface area contributed by atoms with Gasteiger partial charge in [-0.15, -0.1) is 11.3 Å². The molecule has 5 nitrogen and oxygen atoms in total. The number of sulfonamides is 1. The Labute approximate surface area is 129 Å². The highest BCUT2D eigenvalue weighted by Crippen LogP contribution is 2.27. The summed E-state index contributed by atoms with van der Waals surface area (Å²) in [7, 11) is -3.48. The first-order valence-electron chi connectivity index (χ1n) is 6.47. The van der Waals surface area contributed by atoms with Gasteiger partial charge in [0.15, 0.2) is 5.13 Å². The van der Waals surface area contributed by atoms with Crippen molar-refractivity contribution in [1.29, 1.82) is 0 Å². The second kappa shape index (κ2) is 5.65. The first kappa shape index (κ1) is 15.8. The summed E-state index contributed by atoms with van der Waals surface area (Å²) in [6.45, 7) is 6.11. The average molecular weight is 325 g/mol. The number of nitrogen functional groups attached to an aromatic ring is 1. The van der Waals surface area contributed by atoms with Crippen LogP contribution in [0.25, 0.3) is 0 Å². The second-order valence-electron chi connectivity index (χ2n) is 5.89. The maximum Gasteiger partial charge on any atom is 0.238 e. The first-order chi connectivity index (χ1) is 9.66. The number of nitrogens with one attached hydrogen (secondary N) is 1. The number of nitrogens with two attached hydrogens (primary N) is 1. The minimum atomic E-state index is -3.48. The van der Waals surface area contributed by atoms with Gasteiger partial charge in [-0.25, -0.2) is 13.4 Å². The number of nitrogens with zero attached hydrogens (tertiary/aromatic N) is 1. The van der Waals surface area contributed by atoms with Crippen molar-refractivity contribution in [3.8, 4) is 0 Å². The molecule has 21 heavy (non-hydrogen) atoms. The van der Waals surface area contributed by atoms with E-state index in [1.807, 2.05) is 26.2 Å². The predicted molar refractivity (Wildman–Crippen MR) is 87.9 cm³/mol. The van der Waals surface area contributed by atoms with Crippen molar-refractivity contribution in [3.05, 3.63) is 40.9 Å². The Balaban J connectivity index is 2.10. The Hall–Kier alpha value is -1.60. The van der Waals surface area contributed by atoms with Gasteiger partial charge in [-0.3, -0.25) is 4.72 Å². The zero-order chi connectivity index (χ0) is 15.7. The van der Waals surface area contributed by atoms with Crippen LogP contribution in [-0.4, -0.2) is 13.4 Å². The molecule has 0 amide bonds. The molecule has 1 aromatic heterocycles. The Kier molecular flexibility index (Phi) is 4.25. The van der Waals surface area contributed by atoms with E-state index < -0.39 is 10.0 Å². The van der Waals surface area contributed by atoms with Gasteiger partial charge < -0.3 is 5.73 Å². The second-order valence-corrected chi connectivity index (χ2v) is 8.47. The van der Waals surface area contributed by atoms with E-state index in [2.05, 4.69) is 9.71 Å². The summed E-state index contributed by atoms with van der Waals surface area (Å²) in [6.07, 6.45) is 0. The predicted octanol–water partition coefficient (Wildman–Crippen LogP) is 2.96. The van der Waals surface area contributed by atoms with Gasteiger partial charge in [-0.2, -0.15) is 0 Å². The third kappa shape index (κ3) is 4.44. The smallest absolute Gasteiger partial charge is 0.238 e. The molecule has 2 aromatic rings. The molecule has 0 saturated carbocycles. The van der Waals surface area contributed by atoms with E-state index in [1.54, 1.807) is 24.3 Å². The van der Waals surface area contributed by atoms with Gasteiger partial charge in [0.2, 0.25) is 10.0 Å². The molecule has 1 heterocycles. The summed E-state index contributed by atoms with van der Waals surface area (Å²) >= 11 is 1.29. The van der Waals surface area contributed by atoms with Crippen LogP contribution in [0.15, 0.2) is 29.6 Å². The van der Waals surface area contributed by atoms with E-state index in [-0.39, 0.29) is 11.2 Å². The van der Waals surface area contributed by atoms with E-state index in [4.69, 9.17) is 5.73 Å². The molecular formula is C14H19N3O2S2. The molecule has 0 saturated heterocycles. The quantitative estimate of drug-likeness (QED) is 0.846. The lowest BCUT2D eigenvalue weighted by molar-refractivity contribution is 0.573. The Morgan fingerprint density at radius 3 is 2.38 bits per heavy atom. The molecule has 0 fully saturated rings. The van der Waals surface area contributed by atoms with Crippen LogP contribution in [0.2, 0.25) is 0 Å². The Morgan fingerprint density at radius 2 is 1.86 bits per heavy atom. The fourth-order valence-corrected chi connectivity index (χ4v) is 4.04. The Bertz CT molecular complexity index is 713. The molecule has 2 rings (SSSR count). The summed E-state index contributed by atoms with van der Waals surface area (Å²) in [4.78, 5) is 4.33. The van der Waals surface area contributed by atoms with Crippen LogP contribution in [-0.2, 0) is 21.2 Å². The highest BCUT2D eigenvalue weighted by atomic mass is 32.2. The summed E-state index contributed by atoms with van der Waals surface area (Å²) in [5.41, 5.74) is 7.65. The molecule has 0 aliphatic carbocycles. The van der Waals surface area contributed by atoms with Crippen LogP contribution in [0.3, 0.4) is 0 Å². The molecule has 114 valence electrons. The van der Waals surface area contributed by atoms with Gasteiger partial charge in [0.1, 0.15) is 0 Å². The van der Waals surface area contributed by atoms with Gasteiger partial charge in [0.05, 0.1) is 11.4 Å². The summed E-state index contributed by atoms with van der Waals surface area (Å²) in [5, 5.41) is 2.27. The van der Waals surface area contributed by atoms with Crippen molar-refractivity contribution < 1.29 is 8.42 Å². The van der Waals surface area contributed by atoms with E-state index in [1.165, 1.54) is 11.3 Å². The van der Waals surface area contributed by atoms with Crippen molar-refractivity contribution in [2.45, 2.75) is 31.9 Å². The SMILES string of the molecule is CC(C)(C)c1csc(NS(=O)(=O)Cc2ccc(N)cc2)n1. The molecule has 3 N–H and O–H groups in total. The van der Waals surface area contributed by atoms with E-state index in [0.717, 1.165) is 5.69 Å². The fraction of sp³-hybridized carbons (Fsp3) is 0.357. The molecule has 0 bridgehead atoms. The maximum absolute atomic E-state index is 12.1. The van der Waals surface area contributed by atoms with Crippen molar-refractivity contribution in [2.24, 2.45) is 0 Å². The fourth-order valence-electron chi connectivity index (χ4n) is 1.67. The number of aromatic nitrogens is 1. The van der Waals surface area contributed by atoms with Gasteiger partial charge in [0, 0.05) is 16.5 Å². The van der Waals surface area contributed by atoms with Crippen LogP contribution in [0.5, 0.6) is 0 Å². The highest BCUT2D eigenvalue weighted by Gasteiger charge is 2.19. The number of benzene rings is 1. The Morgan fingerprint density at radius 1 is 1.24 bits per heavy atom. The van der Waals surface area contributed by atoms with Crippen molar-refractivity contribution >= 4 is 32.2 Å². The lowest BCUT2D eigenvalue weighted by Crippen LogP contribution is -2.16. The number of anilines is 2. The molecule has 0 aliphatic heterocycles. The van der Waals surface area contributed by atoms with Gasteiger partial charge >= 0.3 is 0 Å². The normalized spacial score (nSPS) is 12.3. The molecule has 0 spiro atoms. The van der Waals surface area contributed by atoms with Crippen LogP contribution < -0.4 is 10.5 Å². The first-order valence-corrected chi connectivity index (χ1v) is 9.00. The topological polar surface area (TPSA) is 85.1 Å². The monoisotopic (exact) mass is 325 g/mol. The van der Waals surface area contributed by atoms with Gasteiger partial charge in [-0.05, 0) is 17.7 Å². The van der Waals surface area contributed by atoms with E-state index in [0.29, 0.717) is 16.4 Å². The number of hydrogen-bond donors (Lipinski definition) is 2. The van der Waals surface area contributed by atoms with E-state index >= 15 is 0 Å². The van der Waals surface area contributed by atoms with Crippen LogP contribution >= 0.6 is 11.3 Å². The van der Waals surface area contributed by atoms with Crippen molar-refractivity contribution in [3.63, 3.8) is 0 Å². The zero-order valence-electron chi connectivity index (χ0n) is 12.3. The summed E-state index contributed by atoms with van der Waals surface area (Å²) in [5.74, 6) is -0.0995. The highest BCUT2D eigenvalue weighted by molar-refractivity contribution is 7.92. The molecule has 0 atom stereocenters. The van der Waals surface area contributed by atoms with Crippen LogP contribution in [0.4, 0.5) is 10.8 Å². The van der Waals surface area contributed by atoms with E-state index in [9.17, 15) is 8.42 Å². The zero-order valence-corrected chi connectivity index (χ0v) is 13.9. The molecular weight excluding hydrogens is 306 g/mol. The number of thiazole rings is 1. The van der Waals surface area contributed by atoms with Crippen molar-refractivity contribution in [1.82, 2.24) is 4.98 Å². The van der Waals surface area contributed by atoms with Crippen LogP contribution in [0.1, 0.15) is 32.0 Å². The van der Waals surface area contributed by atoms with Gasteiger partial charge in [-0.1, -0.05) is 32.9 Å². The summed E-state index contributed by atoms with van der Waals surface area (Å²) < 4.78 is 26.8. The molecule has 0 radical (unpaired) electrons. The minimum Gasteiger partial charge on any atom is -0.399 e. The third-order valence-electron chi connectivity index (χ3n) is 2.85. The lowest BCUT2D eigenvalue weighted by atomic mass is 9.93. The van der Waals surface area contributed by atoms with Crippen molar-refractivity contribution in [2.75, 3.05) is 10.5 Å². The number of hydrogen-bond acceptors (Lipinski definition) is 5. The molecule has 0 aliphatic rings. The largest absolute Gasteiger partial charge is 0.399 e. The van der Waals surface area contributed by atoms with Crippen LogP contribution in [0, 0.1) is 0 Å². The molecule has 7 heteroatoms. The third-order valence-corrected chi connectivity index (χ3v) is 4.96. The molecule has 0 unspecified atom stereocenters. The minimum absolute atomic E-state index is 0.0995. The standard InChI is InChI=1S/C14H19N3O2S2/c1-14(2,3)12-8-20-13(16-12)17-21(18,19)9-10-4-6-11(15)7-5-10/h4-8H,9,15H2,1-3H3,(H,16,17). The van der Waals surface area contributed by atoms with Gasteiger partial charge in [0.25, 0.3) is 0 Å². The number of rotatable bonds is 4.